The van der Waals surface area contributed by atoms with Crippen LogP contribution >= 0.6 is 11.6 Å². The molecular weight excluding hydrogens is 248 g/mol. The highest BCUT2D eigenvalue weighted by molar-refractivity contribution is 6.30. The molecule has 2 aromatic rings. The van der Waals surface area contributed by atoms with Crippen molar-refractivity contribution in [1.82, 2.24) is 0 Å². The lowest BCUT2D eigenvalue weighted by Crippen LogP contribution is -2.03. The summed E-state index contributed by atoms with van der Waals surface area (Å²) >= 11 is 5.83. The Hall–Kier alpha value is -1.80. The molecule has 0 fully saturated rings. The summed E-state index contributed by atoms with van der Waals surface area (Å²) in [5.41, 5.74) is 3.29. The SMILES string of the molecule is Cc1ccc(C(=O)O)c(Cc2ccc(Cl)cc2)c1. The Morgan fingerprint density at radius 1 is 1.17 bits per heavy atom. The van der Waals surface area contributed by atoms with Crippen LogP contribution in [0, 0.1) is 6.92 Å². The first-order valence-electron chi connectivity index (χ1n) is 5.63. The molecule has 0 spiro atoms. The summed E-state index contributed by atoms with van der Waals surface area (Å²) in [5, 5.41) is 9.84. The highest BCUT2D eigenvalue weighted by atomic mass is 35.5. The molecular formula is C15H13ClO2. The lowest BCUT2D eigenvalue weighted by Gasteiger charge is -2.07. The van der Waals surface area contributed by atoms with Gasteiger partial charge in [0.25, 0.3) is 0 Å². The van der Waals surface area contributed by atoms with E-state index >= 15 is 0 Å². The second-order valence-electron chi connectivity index (χ2n) is 4.27. The number of benzene rings is 2. The average molecular weight is 261 g/mol. The Morgan fingerprint density at radius 2 is 1.83 bits per heavy atom. The number of aromatic carboxylic acids is 1. The topological polar surface area (TPSA) is 37.3 Å². The van der Waals surface area contributed by atoms with Gasteiger partial charge in [-0.1, -0.05) is 41.4 Å². The smallest absolute Gasteiger partial charge is 0.335 e. The minimum Gasteiger partial charge on any atom is -0.478 e. The molecule has 0 aliphatic carbocycles. The summed E-state index contributed by atoms with van der Waals surface area (Å²) in [6, 6.07) is 12.8. The van der Waals surface area contributed by atoms with Crippen molar-refractivity contribution in [1.29, 1.82) is 0 Å². The monoisotopic (exact) mass is 260 g/mol. The van der Waals surface area contributed by atoms with Gasteiger partial charge in [-0.2, -0.15) is 0 Å². The third-order valence-corrected chi connectivity index (χ3v) is 3.05. The lowest BCUT2D eigenvalue weighted by molar-refractivity contribution is 0.0696. The molecule has 18 heavy (non-hydrogen) atoms. The molecule has 2 nitrogen and oxygen atoms in total. The fourth-order valence-corrected chi connectivity index (χ4v) is 2.03. The third-order valence-electron chi connectivity index (χ3n) is 2.80. The quantitative estimate of drug-likeness (QED) is 0.908. The van der Waals surface area contributed by atoms with Gasteiger partial charge in [-0.15, -0.1) is 0 Å². The summed E-state index contributed by atoms with van der Waals surface area (Å²) in [6.07, 6.45) is 0.598. The minimum absolute atomic E-state index is 0.357. The molecule has 2 aromatic carbocycles. The first-order chi connectivity index (χ1) is 8.56. The van der Waals surface area contributed by atoms with Crippen LogP contribution in [0.5, 0.6) is 0 Å². The van der Waals surface area contributed by atoms with Crippen molar-refractivity contribution >= 4 is 17.6 Å². The van der Waals surface area contributed by atoms with Crippen LogP contribution in [-0.2, 0) is 6.42 Å². The van der Waals surface area contributed by atoms with E-state index in [0.29, 0.717) is 17.0 Å². The van der Waals surface area contributed by atoms with Crippen molar-refractivity contribution in [2.24, 2.45) is 0 Å². The van der Waals surface area contributed by atoms with Crippen LogP contribution < -0.4 is 0 Å². The van der Waals surface area contributed by atoms with Gasteiger partial charge in [0.2, 0.25) is 0 Å². The highest BCUT2D eigenvalue weighted by Crippen LogP contribution is 2.18. The summed E-state index contributed by atoms with van der Waals surface area (Å²) in [6.45, 7) is 1.96. The predicted molar refractivity (Wildman–Crippen MR) is 72.4 cm³/mol. The standard InChI is InChI=1S/C15H13ClO2/c1-10-2-7-14(15(17)18)12(8-10)9-11-3-5-13(16)6-4-11/h2-8H,9H2,1H3,(H,17,18). The number of hydrogen-bond donors (Lipinski definition) is 1. The Kier molecular flexibility index (Phi) is 3.68. The molecule has 0 saturated carbocycles. The van der Waals surface area contributed by atoms with Crippen molar-refractivity contribution in [3.8, 4) is 0 Å². The summed E-state index contributed by atoms with van der Waals surface area (Å²) in [5.74, 6) is -0.890. The molecule has 0 aromatic heterocycles. The van der Waals surface area contributed by atoms with E-state index in [1.165, 1.54) is 0 Å². The summed E-state index contributed by atoms with van der Waals surface area (Å²) in [7, 11) is 0. The molecule has 0 aliphatic heterocycles. The summed E-state index contributed by atoms with van der Waals surface area (Å²) < 4.78 is 0. The van der Waals surface area contributed by atoms with Crippen molar-refractivity contribution < 1.29 is 9.90 Å². The Bertz CT molecular complexity index is 574. The Balaban J connectivity index is 2.35. The fourth-order valence-electron chi connectivity index (χ4n) is 1.90. The number of rotatable bonds is 3. The number of aryl methyl sites for hydroxylation is 1. The molecule has 0 aliphatic rings. The van der Waals surface area contributed by atoms with E-state index in [1.807, 2.05) is 43.3 Å². The van der Waals surface area contributed by atoms with Crippen molar-refractivity contribution in [2.45, 2.75) is 13.3 Å². The molecule has 0 radical (unpaired) electrons. The summed E-state index contributed by atoms with van der Waals surface area (Å²) in [4.78, 5) is 11.2. The molecule has 0 atom stereocenters. The number of halogens is 1. The molecule has 0 saturated heterocycles. The van der Waals surface area contributed by atoms with Gasteiger partial charge in [0, 0.05) is 5.02 Å². The van der Waals surface area contributed by atoms with Gasteiger partial charge in [-0.05, 0) is 42.7 Å². The van der Waals surface area contributed by atoms with E-state index in [1.54, 1.807) is 6.07 Å². The van der Waals surface area contributed by atoms with Gasteiger partial charge in [-0.25, -0.2) is 4.79 Å². The van der Waals surface area contributed by atoms with Gasteiger partial charge < -0.3 is 5.11 Å². The maximum Gasteiger partial charge on any atom is 0.335 e. The molecule has 0 heterocycles. The van der Waals surface area contributed by atoms with Crippen LogP contribution in [0.4, 0.5) is 0 Å². The number of carboxylic acid groups (broad SMARTS) is 1. The zero-order valence-electron chi connectivity index (χ0n) is 9.98. The molecule has 1 N–H and O–H groups in total. The van der Waals surface area contributed by atoms with Crippen LogP contribution in [-0.4, -0.2) is 11.1 Å². The molecule has 2 rings (SSSR count). The van der Waals surface area contributed by atoms with Crippen LogP contribution in [0.3, 0.4) is 0 Å². The van der Waals surface area contributed by atoms with E-state index in [9.17, 15) is 4.79 Å². The molecule has 92 valence electrons. The van der Waals surface area contributed by atoms with E-state index < -0.39 is 5.97 Å². The van der Waals surface area contributed by atoms with E-state index in [4.69, 9.17) is 16.7 Å². The molecule has 0 bridgehead atoms. The zero-order chi connectivity index (χ0) is 13.1. The number of carbonyl (C=O) groups is 1. The minimum atomic E-state index is -0.890. The van der Waals surface area contributed by atoms with Crippen LogP contribution in [0.15, 0.2) is 42.5 Å². The van der Waals surface area contributed by atoms with Crippen molar-refractivity contribution in [3.05, 3.63) is 69.7 Å². The molecule has 0 unspecified atom stereocenters. The van der Waals surface area contributed by atoms with Crippen molar-refractivity contribution in [2.75, 3.05) is 0 Å². The normalized spacial score (nSPS) is 10.3. The second kappa shape index (κ2) is 5.23. The van der Waals surface area contributed by atoms with Gasteiger partial charge in [0.1, 0.15) is 0 Å². The lowest BCUT2D eigenvalue weighted by atomic mass is 9.98. The zero-order valence-corrected chi connectivity index (χ0v) is 10.7. The van der Waals surface area contributed by atoms with E-state index in [0.717, 1.165) is 16.7 Å². The predicted octanol–water partition coefficient (Wildman–Crippen LogP) is 3.94. The van der Waals surface area contributed by atoms with Gasteiger partial charge in [0.05, 0.1) is 5.56 Å². The van der Waals surface area contributed by atoms with Gasteiger partial charge in [-0.3, -0.25) is 0 Å². The number of hydrogen-bond acceptors (Lipinski definition) is 1. The maximum atomic E-state index is 11.2. The second-order valence-corrected chi connectivity index (χ2v) is 4.71. The molecule has 0 amide bonds. The number of carboxylic acids is 1. The Labute approximate surface area is 111 Å². The third kappa shape index (κ3) is 2.90. The fraction of sp³-hybridized carbons (Fsp3) is 0.133. The van der Waals surface area contributed by atoms with Crippen LogP contribution in [0.1, 0.15) is 27.0 Å². The first-order valence-corrected chi connectivity index (χ1v) is 6.01. The first kappa shape index (κ1) is 12.7. The van der Waals surface area contributed by atoms with Crippen LogP contribution in [0.2, 0.25) is 5.02 Å². The Morgan fingerprint density at radius 3 is 2.44 bits per heavy atom. The highest BCUT2D eigenvalue weighted by Gasteiger charge is 2.10. The van der Waals surface area contributed by atoms with Crippen molar-refractivity contribution in [3.63, 3.8) is 0 Å². The largest absolute Gasteiger partial charge is 0.478 e. The van der Waals surface area contributed by atoms with Crippen LogP contribution in [0.25, 0.3) is 0 Å². The average Bonchev–Trinajstić information content (AvgIpc) is 2.32. The molecule has 3 heteroatoms. The van der Waals surface area contributed by atoms with Gasteiger partial charge >= 0.3 is 5.97 Å². The van der Waals surface area contributed by atoms with E-state index in [-0.39, 0.29) is 0 Å². The van der Waals surface area contributed by atoms with E-state index in [2.05, 4.69) is 0 Å². The van der Waals surface area contributed by atoms with Gasteiger partial charge in [0.15, 0.2) is 0 Å². The maximum absolute atomic E-state index is 11.2.